The van der Waals surface area contributed by atoms with Crippen molar-refractivity contribution in [2.24, 2.45) is 0 Å². The second-order valence-corrected chi connectivity index (χ2v) is 10.6. The first-order valence-electron chi connectivity index (χ1n) is 13.3. The number of rotatable bonds is 7. The van der Waals surface area contributed by atoms with E-state index in [0.29, 0.717) is 41.5 Å². The number of ether oxygens (including phenoxy) is 3. The van der Waals surface area contributed by atoms with Crippen molar-refractivity contribution in [2.75, 3.05) is 45.0 Å². The molecule has 1 fully saturated rings. The Morgan fingerprint density at radius 1 is 1.08 bits per heavy atom. The van der Waals surface area contributed by atoms with E-state index < -0.39 is 6.04 Å². The molecule has 11 nitrogen and oxygen atoms in total. The Balaban J connectivity index is 1.41. The van der Waals surface area contributed by atoms with Crippen molar-refractivity contribution in [3.8, 4) is 17.2 Å². The number of aromatic amines is 1. The van der Waals surface area contributed by atoms with Crippen molar-refractivity contribution in [1.29, 1.82) is 0 Å². The Morgan fingerprint density at radius 3 is 2.56 bits per heavy atom. The number of hydrogen-bond donors (Lipinski definition) is 1. The molecule has 0 unspecified atom stereocenters. The minimum atomic E-state index is -0.441. The van der Waals surface area contributed by atoms with Crippen molar-refractivity contribution in [3.05, 3.63) is 64.2 Å². The number of piperazine rings is 1. The summed E-state index contributed by atoms with van der Waals surface area (Å²) < 4.78 is 18.6. The Kier molecular flexibility index (Phi) is 6.38. The number of fused-ring (bicyclic) bond motifs is 2. The number of para-hydroxylation sites is 2. The number of benzene rings is 2. The lowest BCUT2D eigenvalue weighted by Crippen LogP contribution is -2.49. The van der Waals surface area contributed by atoms with E-state index in [1.54, 1.807) is 7.11 Å². The molecule has 4 aromatic rings. The maximum absolute atomic E-state index is 13.7. The Morgan fingerprint density at radius 2 is 1.82 bits per heavy atom. The predicted octanol–water partition coefficient (Wildman–Crippen LogP) is 3.31. The standard InChI is InChI=1S/C28H33N7O4/c1-5-28(2,3)35-26(30-31-32-35)25(34-12-10-33(11-13-34)21-8-6-7-9-22(21)37-4)19-14-18-15-23-24(39-17-38-23)16-20(18)29-27(19)36/h6-9,14-16,25H,5,10-13,17H2,1-4H3,(H,29,36)/t25-/m1/s1. The number of nitrogens with one attached hydrogen (secondary N) is 1. The minimum absolute atomic E-state index is 0.169. The molecule has 1 N–H and O–H groups in total. The molecule has 11 heteroatoms. The summed E-state index contributed by atoms with van der Waals surface area (Å²) in [6.45, 7) is 9.44. The monoisotopic (exact) mass is 531 g/mol. The van der Waals surface area contributed by atoms with E-state index in [0.717, 1.165) is 36.3 Å². The van der Waals surface area contributed by atoms with Crippen molar-refractivity contribution < 1.29 is 14.2 Å². The van der Waals surface area contributed by atoms with Crippen LogP contribution in [0, 0.1) is 0 Å². The molecule has 0 saturated carbocycles. The summed E-state index contributed by atoms with van der Waals surface area (Å²) in [6.07, 6.45) is 0.830. The van der Waals surface area contributed by atoms with Crippen molar-refractivity contribution in [2.45, 2.75) is 38.8 Å². The predicted molar refractivity (Wildman–Crippen MR) is 147 cm³/mol. The van der Waals surface area contributed by atoms with E-state index >= 15 is 0 Å². The Bertz CT molecular complexity index is 1560. The second-order valence-electron chi connectivity index (χ2n) is 10.6. The zero-order valence-corrected chi connectivity index (χ0v) is 22.7. The van der Waals surface area contributed by atoms with Crippen LogP contribution < -0.4 is 24.7 Å². The molecule has 39 heavy (non-hydrogen) atoms. The van der Waals surface area contributed by atoms with Gasteiger partial charge in [0.2, 0.25) is 6.79 Å². The van der Waals surface area contributed by atoms with Crippen molar-refractivity contribution in [1.82, 2.24) is 30.1 Å². The Hall–Kier alpha value is -4.12. The summed E-state index contributed by atoms with van der Waals surface area (Å²) in [5.41, 5.74) is 1.85. The molecular weight excluding hydrogens is 498 g/mol. The van der Waals surface area contributed by atoms with Crippen LogP contribution in [0.5, 0.6) is 17.2 Å². The largest absolute Gasteiger partial charge is 0.495 e. The molecule has 4 heterocycles. The first-order chi connectivity index (χ1) is 18.9. The number of methoxy groups -OCH3 is 1. The van der Waals surface area contributed by atoms with Gasteiger partial charge in [-0.15, -0.1) is 5.10 Å². The summed E-state index contributed by atoms with van der Waals surface area (Å²) >= 11 is 0. The number of pyridine rings is 1. The fourth-order valence-electron chi connectivity index (χ4n) is 5.37. The molecule has 0 spiro atoms. The van der Waals surface area contributed by atoms with Gasteiger partial charge in [-0.2, -0.15) is 0 Å². The Labute approximate surface area is 226 Å². The molecule has 0 radical (unpaired) electrons. The SMILES string of the molecule is CCC(C)(C)n1nnnc1[C@@H](c1cc2cc3c(cc2[nH]c1=O)OCO3)N1CCN(c2ccccc2OC)CC1. The summed E-state index contributed by atoms with van der Waals surface area (Å²) in [5.74, 6) is 2.79. The summed E-state index contributed by atoms with van der Waals surface area (Å²) in [6, 6.07) is 13.3. The smallest absolute Gasteiger partial charge is 0.253 e. The maximum Gasteiger partial charge on any atom is 0.253 e. The van der Waals surface area contributed by atoms with Crippen molar-refractivity contribution >= 4 is 16.6 Å². The van der Waals surface area contributed by atoms with Crippen LogP contribution in [0.4, 0.5) is 5.69 Å². The lowest BCUT2D eigenvalue weighted by atomic mass is 9.98. The fourth-order valence-corrected chi connectivity index (χ4v) is 5.37. The highest BCUT2D eigenvalue weighted by molar-refractivity contribution is 5.83. The van der Waals surface area contributed by atoms with Crippen LogP contribution in [0.15, 0.2) is 47.3 Å². The molecule has 0 amide bonds. The third-order valence-electron chi connectivity index (χ3n) is 7.94. The summed E-state index contributed by atoms with van der Waals surface area (Å²) in [5, 5.41) is 13.8. The van der Waals surface area contributed by atoms with Crippen LogP contribution in [-0.4, -0.2) is 70.2 Å². The molecule has 0 aliphatic carbocycles. The third kappa shape index (κ3) is 4.46. The van der Waals surface area contributed by atoms with Crippen LogP contribution in [-0.2, 0) is 5.54 Å². The van der Waals surface area contributed by atoms with E-state index in [-0.39, 0.29) is 17.9 Å². The highest BCUT2D eigenvalue weighted by atomic mass is 16.7. The van der Waals surface area contributed by atoms with E-state index in [2.05, 4.69) is 57.1 Å². The van der Waals surface area contributed by atoms with Gasteiger partial charge in [0.1, 0.15) is 11.8 Å². The lowest BCUT2D eigenvalue weighted by Gasteiger charge is -2.40. The van der Waals surface area contributed by atoms with Crippen LogP contribution >= 0.6 is 0 Å². The molecule has 2 aliphatic heterocycles. The maximum atomic E-state index is 13.7. The first-order valence-corrected chi connectivity index (χ1v) is 13.3. The number of H-pyrrole nitrogens is 1. The molecule has 2 aliphatic rings. The second kappa shape index (κ2) is 9.88. The van der Waals surface area contributed by atoms with Crippen LogP contribution in [0.3, 0.4) is 0 Å². The van der Waals surface area contributed by atoms with Gasteiger partial charge in [0.25, 0.3) is 5.56 Å². The van der Waals surface area contributed by atoms with Crippen LogP contribution in [0.1, 0.15) is 44.6 Å². The molecule has 204 valence electrons. The number of hydrogen-bond acceptors (Lipinski definition) is 9. The minimum Gasteiger partial charge on any atom is -0.495 e. The van der Waals surface area contributed by atoms with Gasteiger partial charge < -0.3 is 24.1 Å². The average Bonchev–Trinajstić information content (AvgIpc) is 3.63. The lowest BCUT2D eigenvalue weighted by molar-refractivity contribution is 0.174. The number of tetrazole rings is 1. The van der Waals surface area contributed by atoms with Crippen LogP contribution in [0.25, 0.3) is 10.9 Å². The quantitative estimate of drug-likeness (QED) is 0.384. The molecule has 0 bridgehead atoms. The van der Waals surface area contributed by atoms with Crippen molar-refractivity contribution in [3.63, 3.8) is 0 Å². The van der Waals surface area contributed by atoms with E-state index in [1.807, 2.05) is 41.1 Å². The van der Waals surface area contributed by atoms with E-state index in [9.17, 15) is 4.79 Å². The van der Waals surface area contributed by atoms with Gasteiger partial charge in [-0.05, 0) is 55.0 Å². The fraction of sp³-hybridized carbons (Fsp3) is 0.429. The van der Waals surface area contributed by atoms with Gasteiger partial charge in [0.05, 0.1) is 23.9 Å². The molecule has 2 aromatic heterocycles. The zero-order chi connectivity index (χ0) is 27.1. The summed E-state index contributed by atoms with van der Waals surface area (Å²) in [7, 11) is 1.69. The van der Waals surface area contributed by atoms with E-state index in [4.69, 9.17) is 14.2 Å². The molecule has 1 atom stereocenters. The third-order valence-corrected chi connectivity index (χ3v) is 7.94. The topological polar surface area (TPSA) is 111 Å². The molecule has 6 rings (SSSR count). The highest BCUT2D eigenvalue weighted by Crippen LogP contribution is 2.37. The van der Waals surface area contributed by atoms with Gasteiger partial charge in [0.15, 0.2) is 17.3 Å². The first kappa shape index (κ1) is 25.2. The average molecular weight is 532 g/mol. The van der Waals surface area contributed by atoms with Gasteiger partial charge in [0, 0.05) is 43.2 Å². The number of nitrogens with zero attached hydrogens (tertiary/aromatic N) is 6. The zero-order valence-electron chi connectivity index (χ0n) is 22.7. The molecule has 2 aromatic carbocycles. The van der Waals surface area contributed by atoms with Crippen LogP contribution in [0.2, 0.25) is 0 Å². The van der Waals surface area contributed by atoms with Gasteiger partial charge in [-0.1, -0.05) is 19.1 Å². The normalized spacial score (nSPS) is 16.6. The van der Waals surface area contributed by atoms with E-state index in [1.165, 1.54) is 0 Å². The highest BCUT2D eigenvalue weighted by Gasteiger charge is 2.36. The van der Waals surface area contributed by atoms with Gasteiger partial charge in [-0.25, -0.2) is 4.68 Å². The summed E-state index contributed by atoms with van der Waals surface area (Å²) in [4.78, 5) is 21.3. The molecule has 1 saturated heterocycles. The molecular formula is C28H33N7O4. The van der Waals surface area contributed by atoms with Gasteiger partial charge in [-0.3, -0.25) is 9.69 Å². The van der Waals surface area contributed by atoms with Gasteiger partial charge >= 0.3 is 0 Å². The number of anilines is 1. The number of aromatic nitrogens is 5.